The maximum Gasteiger partial charge on any atom is 0.0541 e. The predicted molar refractivity (Wildman–Crippen MR) is 128 cm³/mol. The quantitative estimate of drug-likeness (QED) is 0.397. The Balaban J connectivity index is 1.98. The molecule has 3 aromatic rings. The summed E-state index contributed by atoms with van der Waals surface area (Å²) in [6.45, 7) is 12.7. The number of benzene rings is 2. The van der Waals surface area contributed by atoms with Crippen molar-refractivity contribution in [1.82, 2.24) is 4.57 Å². The van der Waals surface area contributed by atoms with E-state index in [1.54, 1.807) is 0 Å². The van der Waals surface area contributed by atoms with Crippen molar-refractivity contribution >= 4 is 28.1 Å². The van der Waals surface area contributed by atoms with Crippen molar-refractivity contribution in [2.75, 3.05) is 0 Å². The molecule has 1 aromatic heterocycles. The zero-order valence-corrected chi connectivity index (χ0v) is 17.3. The number of rotatable bonds is 5. The van der Waals surface area contributed by atoms with Gasteiger partial charge >= 0.3 is 0 Å². The summed E-state index contributed by atoms with van der Waals surface area (Å²) in [5, 5.41) is 1.20. The average Bonchev–Trinajstić information content (AvgIpc) is 3.13. The summed E-state index contributed by atoms with van der Waals surface area (Å²) in [6.07, 6.45) is 13.1. The van der Waals surface area contributed by atoms with Crippen molar-refractivity contribution in [2.45, 2.75) is 26.7 Å². The highest BCUT2D eigenvalue weighted by atomic mass is 15.0. The lowest BCUT2D eigenvalue weighted by molar-refractivity contribution is 1.04. The summed E-state index contributed by atoms with van der Waals surface area (Å²) in [6, 6.07) is 17.3. The summed E-state index contributed by atoms with van der Waals surface area (Å²) in [4.78, 5) is 0. The van der Waals surface area contributed by atoms with E-state index in [2.05, 4.69) is 104 Å². The van der Waals surface area contributed by atoms with E-state index in [9.17, 15) is 0 Å². The minimum Gasteiger partial charge on any atom is -0.309 e. The molecule has 0 aliphatic heterocycles. The van der Waals surface area contributed by atoms with Gasteiger partial charge in [0.1, 0.15) is 0 Å². The fourth-order valence-corrected chi connectivity index (χ4v) is 4.07. The zero-order valence-electron chi connectivity index (χ0n) is 17.3. The average molecular weight is 378 g/mol. The molecule has 0 saturated heterocycles. The highest BCUT2D eigenvalue weighted by Crippen LogP contribution is 2.37. The number of hydrogen-bond donors (Lipinski definition) is 0. The zero-order chi connectivity index (χ0) is 20.4. The van der Waals surface area contributed by atoms with Gasteiger partial charge < -0.3 is 4.57 Å². The standard InChI is InChI=1S/C28H27N/c1-5-20(3)21(4)28-25-17-10-11-18-27(25)29(26(28)6-2)24-16-12-15-23(19-24)22-13-8-7-9-14-22/h5-6,8,10-19H,2,4,7,9H2,1,3H3/b20-5+. The third kappa shape index (κ3) is 3.34. The first-order chi connectivity index (χ1) is 14.2. The van der Waals surface area contributed by atoms with Crippen LogP contribution >= 0.6 is 0 Å². The van der Waals surface area contributed by atoms with Crippen molar-refractivity contribution in [3.8, 4) is 5.69 Å². The molecule has 144 valence electrons. The van der Waals surface area contributed by atoms with Crippen LogP contribution in [0.15, 0.2) is 91.6 Å². The third-order valence-corrected chi connectivity index (χ3v) is 5.75. The summed E-state index contributed by atoms with van der Waals surface area (Å²) in [5.41, 5.74) is 9.34. The molecule has 2 aromatic carbocycles. The number of nitrogens with zero attached hydrogens (tertiary/aromatic N) is 1. The fraction of sp³-hybridized carbons (Fsp3) is 0.143. The van der Waals surface area contributed by atoms with E-state index in [0.717, 1.165) is 35.4 Å². The van der Waals surface area contributed by atoms with Crippen molar-refractivity contribution in [3.05, 3.63) is 108 Å². The number of fused-ring (bicyclic) bond motifs is 1. The molecule has 0 radical (unpaired) electrons. The van der Waals surface area contributed by atoms with E-state index in [-0.39, 0.29) is 0 Å². The Morgan fingerprint density at radius 3 is 2.62 bits per heavy atom. The number of para-hydroxylation sites is 1. The molecular formula is C28H27N. The molecule has 0 spiro atoms. The van der Waals surface area contributed by atoms with Crippen LogP contribution in [0.2, 0.25) is 0 Å². The second-order valence-corrected chi connectivity index (χ2v) is 7.46. The van der Waals surface area contributed by atoms with Crippen LogP contribution in [0.4, 0.5) is 0 Å². The molecule has 1 aliphatic rings. The first-order valence-electron chi connectivity index (χ1n) is 10.2. The molecule has 0 amide bonds. The summed E-state index contributed by atoms with van der Waals surface area (Å²) in [7, 11) is 0. The van der Waals surface area contributed by atoms with Crippen LogP contribution in [0.25, 0.3) is 33.8 Å². The Morgan fingerprint density at radius 2 is 1.90 bits per heavy atom. The Morgan fingerprint density at radius 1 is 1.07 bits per heavy atom. The van der Waals surface area contributed by atoms with Gasteiger partial charge in [0.2, 0.25) is 0 Å². The lowest BCUT2D eigenvalue weighted by Gasteiger charge is -2.13. The van der Waals surface area contributed by atoms with E-state index in [1.807, 2.05) is 6.08 Å². The highest BCUT2D eigenvalue weighted by molar-refractivity contribution is 6.01. The fourth-order valence-electron chi connectivity index (χ4n) is 4.07. The predicted octanol–water partition coefficient (Wildman–Crippen LogP) is 7.99. The largest absolute Gasteiger partial charge is 0.309 e. The van der Waals surface area contributed by atoms with E-state index >= 15 is 0 Å². The SMILES string of the molecule is C=Cc1c(C(=C)/C(C)=C/C)c2ccccc2n1-c1cccc(C2=CCCC=C2)c1. The van der Waals surface area contributed by atoms with E-state index in [1.165, 1.54) is 27.6 Å². The van der Waals surface area contributed by atoms with Gasteiger partial charge in [0.05, 0.1) is 11.2 Å². The van der Waals surface area contributed by atoms with Gasteiger partial charge in [-0.05, 0) is 73.2 Å². The molecule has 1 aliphatic carbocycles. The molecule has 0 unspecified atom stereocenters. The van der Waals surface area contributed by atoms with Crippen LogP contribution in [0.3, 0.4) is 0 Å². The second kappa shape index (κ2) is 7.97. The summed E-state index contributed by atoms with van der Waals surface area (Å²) >= 11 is 0. The van der Waals surface area contributed by atoms with Crippen molar-refractivity contribution < 1.29 is 0 Å². The summed E-state index contributed by atoms with van der Waals surface area (Å²) < 4.78 is 2.31. The molecule has 1 heteroatoms. The van der Waals surface area contributed by atoms with E-state index < -0.39 is 0 Å². The van der Waals surface area contributed by atoms with Gasteiger partial charge in [-0.3, -0.25) is 0 Å². The Hall–Kier alpha value is -3.32. The lowest BCUT2D eigenvalue weighted by atomic mass is 9.97. The topological polar surface area (TPSA) is 4.93 Å². The Bertz CT molecular complexity index is 1190. The van der Waals surface area contributed by atoms with Crippen LogP contribution in [-0.2, 0) is 0 Å². The van der Waals surface area contributed by atoms with Crippen molar-refractivity contribution in [3.63, 3.8) is 0 Å². The molecule has 4 rings (SSSR count). The van der Waals surface area contributed by atoms with Gasteiger partial charge in [-0.15, -0.1) is 0 Å². The van der Waals surface area contributed by atoms with Crippen LogP contribution in [-0.4, -0.2) is 4.57 Å². The van der Waals surface area contributed by atoms with Crippen LogP contribution in [0.5, 0.6) is 0 Å². The van der Waals surface area contributed by atoms with E-state index in [4.69, 9.17) is 0 Å². The van der Waals surface area contributed by atoms with Crippen LogP contribution < -0.4 is 0 Å². The molecule has 29 heavy (non-hydrogen) atoms. The van der Waals surface area contributed by atoms with Gasteiger partial charge in [-0.25, -0.2) is 0 Å². The second-order valence-electron chi connectivity index (χ2n) is 7.46. The molecule has 1 nitrogen and oxygen atoms in total. The molecule has 0 N–H and O–H groups in total. The number of allylic oxidation sites excluding steroid dienone is 7. The van der Waals surface area contributed by atoms with Crippen molar-refractivity contribution in [2.24, 2.45) is 0 Å². The number of hydrogen-bond acceptors (Lipinski definition) is 0. The Labute approximate surface area is 173 Å². The molecule has 0 saturated carbocycles. The van der Waals surface area contributed by atoms with Gasteiger partial charge in [0.25, 0.3) is 0 Å². The van der Waals surface area contributed by atoms with Gasteiger partial charge in [0, 0.05) is 16.6 Å². The molecule has 0 atom stereocenters. The molecule has 0 fully saturated rings. The minimum absolute atomic E-state index is 1.05. The van der Waals surface area contributed by atoms with E-state index in [0.29, 0.717) is 0 Å². The molecule has 1 heterocycles. The number of aromatic nitrogens is 1. The van der Waals surface area contributed by atoms with Crippen LogP contribution in [0.1, 0.15) is 43.5 Å². The van der Waals surface area contributed by atoms with Gasteiger partial charge in [-0.1, -0.05) is 67.8 Å². The van der Waals surface area contributed by atoms with Gasteiger partial charge in [0.15, 0.2) is 0 Å². The lowest BCUT2D eigenvalue weighted by Crippen LogP contribution is -1.99. The first-order valence-corrected chi connectivity index (χ1v) is 10.2. The maximum absolute atomic E-state index is 4.40. The highest BCUT2D eigenvalue weighted by Gasteiger charge is 2.19. The van der Waals surface area contributed by atoms with Crippen molar-refractivity contribution in [1.29, 1.82) is 0 Å². The first kappa shape index (κ1) is 19.0. The molecule has 0 bridgehead atoms. The Kier molecular flexibility index (Phi) is 5.22. The normalized spacial score (nSPS) is 14.1. The smallest absolute Gasteiger partial charge is 0.0541 e. The minimum atomic E-state index is 1.05. The maximum atomic E-state index is 4.40. The third-order valence-electron chi connectivity index (χ3n) is 5.75. The van der Waals surface area contributed by atoms with Gasteiger partial charge in [-0.2, -0.15) is 0 Å². The van der Waals surface area contributed by atoms with Crippen LogP contribution in [0, 0.1) is 0 Å². The summed E-state index contributed by atoms with van der Waals surface area (Å²) in [5.74, 6) is 0. The molecular weight excluding hydrogens is 350 g/mol. The monoisotopic (exact) mass is 377 g/mol.